The van der Waals surface area contributed by atoms with Gasteiger partial charge in [-0.2, -0.15) is 5.26 Å². The van der Waals surface area contributed by atoms with Crippen molar-refractivity contribution in [3.63, 3.8) is 0 Å². The van der Waals surface area contributed by atoms with Crippen molar-refractivity contribution in [2.24, 2.45) is 0 Å². The van der Waals surface area contributed by atoms with Crippen molar-refractivity contribution in [1.82, 2.24) is 15.2 Å². The number of nitrogens with zero attached hydrogens (tertiary/aromatic N) is 3. The molecule has 2 aromatic rings. The Morgan fingerprint density at radius 3 is 2.60 bits per heavy atom. The van der Waals surface area contributed by atoms with E-state index in [1.165, 1.54) is 17.2 Å². The molecule has 0 aliphatic heterocycles. The number of nitriles is 1. The summed E-state index contributed by atoms with van der Waals surface area (Å²) in [5.74, 6) is -0.254. The maximum atomic E-state index is 12.2. The molecular formula is C18H19N5O2. The van der Waals surface area contributed by atoms with Crippen LogP contribution < -0.4 is 10.6 Å². The summed E-state index contributed by atoms with van der Waals surface area (Å²) in [6.45, 7) is 0. The van der Waals surface area contributed by atoms with Gasteiger partial charge in [0.05, 0.1) is 18.5 Å². The SMILES string of the molecule is CN(C)C(=O)c1cc(NC(=O)N[C@H](CC#N)c2ccccc2)ccn1. The lowest BCUT2D eigenvalue weighted by Gasteiger charge is -2.17. The molecule has 1 aromatic heterocycles. The second kappa shape index (κ2) is 8.45. The maximum Gasteiger partial charge on any atom is 0.319 e. The van der Waals surface area contributed by atoms with Gasteiger partial charge in [-0.3, -0.25) is 9.78 Å². The lowest BCUT2D eigenvalue weighted by atomic mass is 10.0. The standard InChI is InChI=1S/C18H19N5O2/c1-23(2)17(24)16-12-14(9-11-20-16)21-18(25)22-15(8-10-19)13-6-4-3-5-7-13/h3-7,9,11-12,15H,8H2,1-2H3,(H2,20,21,22,25)/t15-/m1/s1. The van der Waals surface area contributed by atoms with Crippen LogP contribution in [0, 0.1) is 11.3 Å². The van der Waals surface area contributed by atoms with Gasteiger partial charge in [-0.05, 0) is 17.7 Å². The van der Waals surface area contributed by atoms with Gasteiger partial charge in [0, 0.05) is 26.0 Å². The van der Waals surface area contributed by atoms with Crippen molar-refractivity contribution in [2.75, 3.05) is 19.4 Å². The van der Waals surface area contributed by atoms with Crippen LogP contribution in [0.3, 0.4) is 0 Å². The van der Waals surface area contributed by atoms with Gasteiger partial charge in [0.25, 0.3) is 5.91 Å². The second-order valence-corrected chi connectivity index (χ2v) is 5.55. The molecule has 0 aliphatic rings. The van der Waals surface area contributed by atoms with E-state index in [0.717, 1.165) is 5.56 Å². The molecule has 3 amide bonds. The summed E-state index contributed by atoms with van der Waals surface area (Å²) in [6.07, 6.45) is 1.61. The molecule has 25 heavy (non-hydrogen) atoms. The molecule has 1 atom stereocenters. The maximum absolute atomic E-state index is 12.2. The summed E-state index contributed by atoms with van der Waals surface area (Å²) in [5, 5.41) is 14.4. The summed E-state index contributed by atoms with van der Waals surface area (Å²) < 4.78 is 0. The Balaban J connectivity index is 2.07. The molecule has 0 saturated heterocycles. The largest absolute Gasteiger partial charge is 0.343 e. The molecule has 1 heterocycles. The van der Waals surface area contributed by atoms with E-state index in [1.807, 2.05) is 30.3 Å². The van der Waals surface area contributed by atoms with E-state index in [4.69, 9.17) is 5.26 Å². The summed E-state index contributed by atoms with van der Waals surface area (Å²) in [4.78, 5) is 29.6. The van der Waals surface area contributed by atoms with Gasteiger partial charge in [0.2, 0.25) is 0 Å². The highest BCUT2D eigenvalue weighted by Crippen LogP contribution is 2.16. The number of benzene rings is 1. The zero-order valence-corrected chi connectivity index (χ0v) is 14.1. The third-order valence-corrected chi connectivity index (χ3v) is 3.45. The smallest absolute Gasteiger partial charge is 0.319 e. The van der Waals surface area contributed by atoms with E-state index in [0.29, 0.717) is 5.69 Å². The van der Waals surface area contributed by atoms with E-state index in [2.05, 4.69) is 21.7 Å². The van der Waals surface area contributed by atoms with Crippen molar-refractivity contribution in [3.8, 4) is 6.07 Å². The fourth-order valence-electron chi connectivity index (χ4n) is 2.21. The number of nitrogens with one attached hydrogen (secondary N) is 2. The lowest BCUT2D eigenvalue weighted by Crippen LogP contribution is -2.32. The molecule has 1 aromatic carbocycles. The zero-order chi connectivity index (χ0) is 18.2. The number of urea groups is 1. The topological polar surface area (TPSA) is 98.1 Å². The Morgan fingerprint density at radius 1 is 1.24 bits per heavy atom. The van der Waals surface area contributed by atoms with E-state index in [-0.39, 0.29) is 18.0 Å². The van der Waals surface area contributed by atoms with E-state index >= 15 is 0 Å². The van der Waals surface area contributed by atoms with Crippen LogP contribution in [0.25, 0.3) is 0 Å². The molecule has 0 spiro atoms. The first-order valence-corrected chi connectivity index (χ1v) is 7.68. The van der Waals surface area contributed by atoms with Crippen molar-refractivity contribution < 1.29 is 9.59 Å². The van der Waals surface area contributed by atoms with Crippen LogP contribution in [0.5, 0.6) is 0 Å². The third kappa shape index (κ3) is 5.04. The normalized spacial score (nSPS) is 11.1. The number of anilines is 1. The molecular weight excluding hydrogens is 318 g/mol. The Hall–Kier alpha value is -3.40. The number of pyridine rings is 1. The van der Waals surface area contributed by atoms with Gasteiger partial charge in [-0.25, -0.2) is 4.79 Å². The highest BCUT2D eigenvalue weighted by molar-refractivity contribution is 5.95. The number of carbonyl (C=O) groups is 2. The highest BCUT2D eigenvalue weighted by atomic mass is 16.2. The Bertz CT molecular complexity index is 784. The monoisotopic (exact) mass is 337 g/mol. The predicted molar refractivity (Wildman–Crippen MR) is 93.8 cm³/mol. The molecule has 2 rings (SSSR count). The summed E-state index contributed by atoms with van der Waals surface area (Å²) >= 11 is 0. The van der Waals surface area contributed by atoms with E-state index in [9.17, 15) is 9.59 Å². The van der Waals surface area contributed by atoms with Gasteiger partial charge in [0.15, 0.2) is 0 Å². The molecule has 0 unspecified atom stereocenters. The van der Waals surface area contributed by atoms with Crippen LogP contribution in [0.1, 0.15) is 28.5 Å². The molecule has 0 saturated carbocycles. The number of rotatable bonds is 5. The summed E-state index contributed by atoms with van der Waals surface area (Å²) in [5.41, 5.74) is 1.53. The number of hydrogen-bond acceptors (Lipinski definition) is 4. The van der Waals surface area contributed by atoms with Crippen LogP contribution in [-0.4, -0.2) is 35.9 Å². The van der Waals surface area contributed by atoms with Gasteiger partial charge in [-0.15, -0.1) is 0 Å². The predicted octanol–water partition coefficient (Wildman–Crippen LogP) is 2.56. The summed E-state index contributed by atoms with van der Waals surface area (Å²) in [6, 6.07) is 13.5. The first kappa shape index (κ1) is 17.9. The van der Waals surface area contributed by atoms with Crippen LogP contribution in [0.2, 0.25) is 0 Å². The van der Waals surface area contributed by atoms with Crippen LogP contribution >= 0.6 is 0 Å². The first-order chi connectivity index (χ1) is 12.0. The molecule has 0 fully saturated rings. The van der Waals surface area contributed by atoms with Crippen molar-refractivity contribution in [3.05, 3.63) is 59.9 Å². The molecule has 0 aliphatic carbocycles. The number of amides is 3. The average Bonchev–Trinajstić information content (AvgIpc) is 2.61. The van der Waals surface area contributed by atoms with Crippen molar-refractivity contribution in [1.29, 1.82) is 5.26 Å². The van der Waals surface area contributed by atoms with E-state index < -0.39 is 12.1 Å². The quantitative estimate of drug-likeness (QED) is 0.876. The van der Waals surface area contributed by atoms with Crippen molar-refractivity contribution in [2.45, 2.75) is 12.5 Å². The number of aromatic nitrogens is 1. The first-order valence-electron chi connectivity index (χ1n) is 7.68. The fraction of sp³-hybridized carbons (Fsp3) is 0.222. The average molecular weight is 337 g/mol. The highest BCUT2D eigenvalue weighted by Gasteiger charge is 2.15. The molecule has 0 bridgehead atoms. The van der Waals surface area contributed by atoms with Gasteiger partial charge in [0.1, 0.15) is 5.69 Å². The van der Waals surface area contributed by atoms with Crippen molar-refractivity contribution >= 4 is 17.6 Å². The Labute approximate surface area is 146 Å². The summed E-state index contributed by atoms with van der Waals surface area (Å²) in [7, 11) is 3.26. The number of hydrogen-bond donors (Lipinski definition) is 2. The van der Waals surface area contributed by atoms with Gasteiger partial charge < -0.3 is 15.5 Å². The molecule has 128 valence electrons. The van der Waals surface area contributed by atoms with E-state index in [1.54, 1.807) is 20.2 Å². The van der Waals surface area contributed by atoms with Gasteiger partial charge >= 0.3 is 6.03 Å². The van der Waals surface area contributed by atoms with Crippen LogP contribution in [0.4, 0.5) is 10.5 Å². The number of carbonyl (C=O) groups excluding carboxylic acids is 2. The third-order valence-electron chi connectivity index (χ3n) is 3.45. The minimum Gasteiger partial charge on any atom is -0.343 e. The molecule has 7 nitrogen and oxygen atoms in total. The zero-order valence-electron chi connectivity index (χ0n) is 14.1. The van der Waals surface area contributed by atoms with Gasteiger partial charge in [-0.1, -0.05) is 30.3 Å². The molecule has 2 N–H and O–H groups in total. The second-order valence-electron chi connectivity index (χ2n) is 5.55. The molecule has 0 radical (unpaired) electrons. The minimum absolute atomic E-state index is 0.151. The molecule has 7 heteroatoms. The van der Waals surface area contributed by atoms with Crippen LogP contribution in [-0.2, 0) is 0 Å². The lowest BCUT2D eigenvalue weighted by molar-refractivity contribution is 0.0822. The minimum atomic E-state index is -0.460. The Kier molecular flexibility index (Phi) is 6.07. The van der Waals surface area contributed by atoms with Crippen LogP contribution in [0.15, 0.2) is 48.7 Å². The Morgan fingerprint density at radius 2 is 1.96 bits per heavy atom. The fourth-order valence-corrected chi connectivity index (χ4v) is 2.21.